The second-order valence-corrected chi connectivity index (χ2v) is 13.5. The Morgan fingerprint density at radius 3 is 2.35 bits per heavy atom. The third kappa shape index (κ3) is 9.23. The molecule has 1 amide bonds. The minimum absolute atomic E-state index is 0.0106. The Morgan fingerprint density at radius 2 is 1.73 bits per heavy atom. The van der Waals surface area contributed by atoms with Crippen LogP contribution < -0.4 is 24.2 Å². The first-order valence-electron chi connectivity index (χ1n) is 12.5. The van der Waals surface area contributed by atoms with E-state index < -0.39 is 38.3 Å². The molecular weight excluding hydrogens is 566 g/mol. The highest BCUT2D eigenvalue weighted by molar-refractivity contribution is 7.89. The normalized spacial score (nSPS) is 14.8. The van der Waals surface area contributed by atoms with Crippen LogP contribution in [0.5, 0.6) is 17.2 Å². The van der Waals surface area contributed by atoms with Gasteiger partial charge >= 0.3 is 6.09 Å². The Hall–Kier alpha value is -3.11. The lowest BCUT2D eigenvalue weighted by atomic mass is 10.0. The van der Waals surface area contributed by atoms with E-state index in [0.29, 0.717) is 22.8 Å². The molecule has 13 nitrogen and oxygen atoms in total. The molecule has 222 valence electrons. The molecule has 0 aliphatic carbocycles. The van der Waals surface area contributed by atoms with Gasteiger partial charge in [-0.1, -0.05) is 26.0 Å². The van der Waals surface area contributed by atoms with Crippen LogP contribution in [0.25, 0.3) is 0 Å². The minimum Gasteiger partial charge on any atom is -0.492 e. The summed E-state index contributed by atoms with van der Waals surface area (Å²) < 4.78 is 68.8. The zero-order valence-electron chi connectivity index (χ0n) is 22.4. The van der Waals surface area contributed by atoms with Crippen LogP contribution in [0.3, 0.4) is 0 Å². The summed E-state index contributed by atoms with van der Waals surface area (Å²) in [4.78, 5) is 11.5. The lowest BCUT2D eigenvalue weighted by molar-refractivity contribution is 0.0980. The van der Waals surface area contributed by atoms with E-state index in [-0.39, 0.29) is 50.3 Å². The molecule has 40 heavy (non-hydrogen) atoms. The third-order valence-corrected chi connectivity index (χ3v) is 8.38. The van der Waals surface area contributed by atoms with Gasteiger partial charge in [0, 0.05) is 25.7 Å². The van der Waals surface area contributed by atoms with Crippen molar-refractivity contribution in [2.75, 3.05) is 39.3 Å². The van der Waals surface area contributed by atoms with Crippen LogP contribution in [-0.4, -0.2) is 88.9 Å². The molecule has 2 aromatic carbocycles. The van der Waals surface area contributed by atoms with Gasteiger partial charge in [-0.05, 0) is 42.2 Å². The number of nitrogens with one attached hydrogen (secondary N) is 2. The molecule has 1 heterocycles. The first-order chi connectivity index (χ1) is 18.7. The molecule has 3 rings (SSSR count). The van der Waals surface area contributed by atoms with E-state index in [0.717, 1.165) is 10.6 Å². The lowest BCUT2D eigenvalue weighted by Gasteiger charge is -2.30. The summed E-state index contributed by atoms with van der Waals surface area (Å²) in [7, 11) is -7.39. The Morgan fingerprint density at radius 1 is 1.05 bits per heavy atom. The number of aliphatic hydroxyl groups excluding tert-OH is 1. The zero-order chi connectivity index (χ0) is 29.5. The topological polar surface area (TPSA) is 181 Å². The summed E-state index contributed by atoms with van der Waals surface area (Å²) in [6.45, 7) is 3.60. The summed E-state index contributed by atoms with van der Waals surface area (Å²) >= 11 is 0. The standard InChI is InChI=1S/C25H35N3O10S2/c1-17(2)14-28(40(34,35)20-8-9-23-24(13-20)38-16-37-23)15-22(29)21(27-25(30)31)12-18-4-6-19(7-5-18)36-11-10-26-39(3,32)33/h4-9,13,17,21-22,26-27,29H,10-12,14-16H2,1-3H3,(H,30,31)/t21-,22-/m0/s1. The SMILES string of the molecule is CC(C)CN(C[C@H](O)[C@H](Cc1ccc(OCCNS(C)(=O)=O)cc1)NC(=O)O)S(=O)(=O)c1ccc2c(c1)OCO2. The molecule has 0 saturated heterocycles. The van der Waals surface area contributed by atoms with Gasteiger partial charge in [0.25, 0.3) is 0 Å². The molecule has 0 unspecified atom stereocenters. The van der Waals surface area contributed by atoms with Crippen LogP contribution in [0, 0.1) is 5.92 Å². The minimum atomic E-state index is -4.07. The van der Waals surface area contributed by atoms with Crippen molar-refractivity contribution in [1.29, 1.82) is 0 Å². The summed E-state index contributed by atoms with van der Waals surface area (Å²) in [5, 5.41) is 22.8. The van der Waals surface area contributed by atoms with E-state index in [1.165, 1.54) is 18.2 Å². The van der Waals surface area contributed by atoms with Gasteiger partial charge in [-0.15, -0.1) is 0 Å². The number of rotatable bonds is 15. The summed E-state index contributed by atoms with van der Waals surface area (Å²) in [5.41, 5.74) is 0.661. The average molecular weight is 602 g/mol. The number of fused-ring (bicyclic) bond motifs is 1. The van der Waals surface area contributed by atoms with Gasteiger partial charge < -0.3 is 29.7 Å². The number of nitrogens with zero attached hydrogens (tertiary/aromatic N) is 1. The van der Waals surface area contributed by atoms with Gasteiger partial charge in [0.05, 0.1) is 23.3 Å². The number of hydrogen-bond acceptors (Lipinski definition) is 9. The molecule has 2 aromatic rings. The van der Waals surface area contributed by atoms with Crippen molar-refractivity contribution >= 4 is 26.1 Å². The average Bonchev–Trinajstić information content (AvgIpc) is 3.34. The van der Waals surface area contributed by atoms with E-state index >= 15 is 0 Å². The van der Waals surface area contributed by atoms with Crippen molar-refractivity contribution in [3.63, 3.8) is 0 Å². The van der Waals surface area contributed by atoms with E-state index in [2.05, 4.69) is 10.0 Å². The number of carbonyl (C=O) groups is 1. The Labute approximate surface area is 234 Å². The Bertz CT molecular complexity index is 1370. The quantitative estimate of drug-likeness (QED) is 0.217. The van der Waals surface area contributed by atoms with Crippen molar-refractivity contribution in [1.82, 2.24) is 14.3 Å². The van der Waals surface area contributed by atoms with E-state index in [4.69, 9.17) is 14.2 Å². The van der Waals surface area contributed by atoms with E-state index in [9.17, 15) is 31.8 Å². The van der Waals surface area contributed by atoms with Gasteiger partial charge in [-0.3, -0.25) is 0 Å². The number of carboxylic acid groups (broad SMARTS) is 1. The molecule has 0 radical (unpaired) electrons. The van der Waals surface area contributed by atoms with Gasteiger partial charge in [0.15, 0.2) is 11.5 Å². The van der Waals surface area contributed by atoms with Crippen LogP contribution in [-0.2, 0) is 26.5 Å². The van der Waals surface area contributed by atoms with Gasteiger partial charge in [-0.2, -0.15) is 4.31 Å². The predicted octanol–water partition coefficient (Wildman–Crippen LogP) is 1.23. The summed E-state index contributed by atoms with van der Waals surface area (Å²) in [6, 6.07) is 9.87. The molecule has 0 spiro atoms. The molecule has 0 fully saturated rings. The number of ether oxygens (including phenoxy) is 3. The second-order valence-electron chi connectivity index (χ2n) is 9.72. The monoisotopic (exact) mass is 601 g/mol. The van der Waals surface area contributed by atoms with Crippen molar-refractivity contribution < 1.29 is 46.1 Å². The maximum Gasteiger partial charge on any atom is 0.404 e. The van der Waals surface area contributed by atoms with Crippen LogP contribution in [0.2, 0.25) is 0 Å². The van der Waals surface area contributed by atoms with E-state index in [1.54, 1.807) is 24.3 Å². The molecule has 15 heteroatoms. The van der Waals surface area contributed by atoms with Crippen LogP contribution in [0.15, 0.2) is 47.4 Å². The van der Waals surface area contributed by atoms with Crippen molar-refractivity contribution in [3.05, 3.63) is 48.0 Å². The highest BCUT2D eigenvalue weighted by atomic mass is 32.2. The molecule has 0 bridgehead atoms. The molecule has 0 aromatic heterocycles. The highest BCUT2D eigenvalue weighted by Crippen LogP contribution is 2.35. The van der Waals surface area contributed by atoms with Gasteiger partial charge in [0.2, 0.25) is 26.8 Å². The van der Waals surface area contributed by atoms with Crippen molar-refractivity contribution in [3.8, 4) is 17.2 Å². The summed E-state index contributed by atoms with van der Waals surface area (Å²) in [5.74, 6) is 1.13. The molecule has 0 saturated carbocycles. The Balaban J connectivity index is 1.72. The van der Waals surface area contributed by atoms with Gasteiger partial charge in [-0.25, -0.2) is 26.4 Å². The number of benzene rings is 2. The molecule has 4 N–H and O–H groups in total. The van der Waals surface area contributed by atoms with Crippen LogP contribution in [0.4, 0.5) is 4.79 Å². The summed E-state index contributed by atoms with van der Waals surface area (Å²) in [6.07, 6.45) is -1.62. The van der Waals surface area contributed by atoms with Crippen molar-refractivity contribution in [2.24, 2.45) is 5.92 Å². The van der Waals surface area contributed by atoms with Crippen LogP contribution >= 0.6 is 0 Å². The van der Waals surface area contributed by atoms with Crippen LogP contribution in [0.1, 0.15) is 19.4 Å². The molecule has 1 aliphatic rings. The third-order valence-electron chi connectivity index (χ3n) is 5.83. The largest absolute Gasteiger partial charge is 0.492 e. The zero-order valence-corrected chi connectivity index (χ0v) is 24.1. The number of hydrogen-bond donors (Lipinski definition) is 4. The second kappa shape index (κ2) is 13.5. The number of aliphatic hydroxyl groups is 1. The first kappa shape index (κ1) is 31.4. The number of amides is 1. The molecule has 1 aliphatic heterocycles. The molecular formula is C25H35N3O10S2. The van der Waals surface area contributed by atoms with E-state index in [1.807, 2.05) is 13.8 Å². The maximum absolute atomic E-state index is 13.5. The fraction of sp³-hybridized carbons (Fsp3) is 0.480. The fourth-order valence-electron chi connectivity index (χ4n) is 4.01. The first-order valence-corrected chi connectivity index (χ1v) is 15.8. The number of sulfonamides is 2. The highest BCUT2D eigenvalue weighted by Gasteiger charge is 2.32. The molecule has 2 atom stereocenters. The predicted molar refractivity (Wildman–Crippen MR) is 146 cm³/mol. The lowest BCUT2D eigenvalue weighted by Crippen LogP contribution is -2.50. The van der Waals surface area contributed by atoms with Crippen molar-refractivity contribution in [2.45, 2.75) is 37.3 Å². The Kier molecular flexibility index (Phi) is 10.6. The van der Waals surface area contributed by atoms with Gasteiger partial charge in [0.1, 0.15) is 12.4 Å². The smallest absolute Gasteiger partial charge is 0.404 e. The maximum atomic E-state index is 13.5. The fourth-order valence-corrected chi connectivity index (χ4v) is 6.11.